The van der Waals surface area contributed by atoms with Gasteiger partial charge in [0.15, 0.2) is 0 Å². The Kier molecular flexibility index (Phi) is 6.12. The molecule has 0 radical (unpaired) electrons. The van der Waals surface area contributed by atoms with Crippen LogP contribution in [0.5, 0.6) is 0 Å². The average Bonchev–Trinajstić information content (AvgIpc) is 2.92. The topological polar surface area (TPSA) is 84.3 Å². The number of amides is 1. The summed E-state index contributed by atoms with van der Waals surface area (Å²) in [6.45, 7) is 4.99. The summed E-state index contributed by atoms with van der Waals surface area (Å²) in [7, 11) is -1.68. The van der Waals surface area contributed by atoms with E-state index in [9.17, 15) is 13.2 Å². The maximum absolute atomic E-state index is 12.7. The number of nitrogens with one attached hydrogen (secondary N) is 1. The van der Waals surface area contributed by atoms with Gasteiger partial charge in [0.05, 0.1) is 10.6 Å². The van der Waals surface area contributed by atoms with Gasteiger partial charge in [-0.15, -0.1) is 0 Å². The maximum Gasteiger partial charge on any atom is 0.243 e. The SMILES string of the molecule is Cc1nn(C)c(C)c1CNC(=O)C1CCN(S(=O)(=O)c2ccc(Cl)cc2)CC1. The highest BCUT2D eigenvalue weighted by molar-refractivity contribution is 7.89. The molecule has 0 bridgehead atoms. The molecule has 9 heteroatoms. The van der Waals surface area contributed by atoms with Crippen LogP contribution in [-0.2, 0) is 28.4 Å². The van der Waals surface area contributed by atoms with Gasteiger partial charge in [-0.1, -0.05) is 11.6 Å². The zero-order valence-corrected chi connectivity index (χ0v) is 17.8. The lowest BCUT2D eigenvalue weighted by molar-refractivity contribution is -0.126. The Labute approximate surface area is 170 Å². The third kappa shape index (κ3) is 4.24. The molecule has 7 nitrogen and oxygen atoms in total. The van der Waals surface area contributed by atoms with Gasteiger partial charge in [-0.25, -0.2) is 8.42 Å². The fourth-order valence-corrected chi connectivity index (χ4v) is 5.10. The first kappa shape index (κ1) is 20.8. The molecule has 1 aromatic heterocycles. The van der Waals surface area contributed by atoms with Crippen LogP contribution < -0.4 is 5.32 Å². The third-order valence-electron chi connectivity index (χ3n) is 5.37. The van der Waals surface area contributed by atoms with Crippen molar-refractivity contribution < 1.29 is 13.2 Å². The van der Waals surface area contributed by atoms with Crippen molar-refractivity contribution in [1.29, 1.82) is 0 Å². The van der Waals surface area contributed by atoms with Gasteiger partial charge < -0.3 is 5.32 Å². The molecule has 1 saturated heterocycles. The summed E-state index contributed by atoms with van der Waals surface area (Å²) in [5.74, 6) is -0.222. The van der Waals surface area contributed by atoms with Crippen LogP contribution in [0.3, 0.4) is 0 Å². The van der Waals surface area contributed by atoms with E-state index in [1.165, 1.54) is 16.4 Å². The number of sulfonamides is 1. The smallest absolute Gasteiger partial charge is 0.243 e. The Morgan fingerprint density at radius 2 is 1.82 bits per heavy atom. The second kappa shape index (κ2) is 8.23. The van der Waals surface area contributed by atoms with Crippen molar-refractivity contribution in [2.75, 3.05) is 13.1 Å². The molecular formula is C19H25ClN4O3S. The number of benzene rings is 1. The molecule has 1 N–H and O–H groups in total. The number of rotatable bonds is 5. The molecule has 1 aliphatic rings. The minimum atomic E-state index is -3.56. The fraction of sp³-hybridized carbons (Fsp3) is 0.474. The zero-order valence-electron chi connectivity index (χ0n) is 16.3. The lowest BCUT2D eigenvalue weighted by atomic mass is 9.97. The molecule has 152 valence electrons. The first-order valence-corrected chi connectivity index (χ1v) is 11.0. The number of halogens is 1. The molecule has 1 fully saturated rings. The standard InChI is InChI=1S/C19H25ClN4O3S/c1-13-18(14(2)23(3)22-13)12-21-19(25)15-8-10-24(11-9-15)28(26,27)17-6-4-16(20)5-7-17/h4-7,15H,8-12H2,1-3H3,(H,21,25). The summed E-state index contributed by atoms with van der Waals surface area (Å²) in [4.78, 5) is 12.8. The molecule has 3 rings (SSSR count). The van der Waals surface area contributed by atoms with Gasteiger partial charge in [0, 0.05) is 48.9 Å². The van der Waals surface area contributed by atoms with Gasteiger partial charge in [-0.2, -0.15) is 9.40 Å². The second-order valence-electron chi connectivity index (χ2n) is 7.12. The largest absolute Gasteiger partial charge is 0.352 e. The summed E-state index contributed by atoms with van der Waals surface area (Å²) in [6.07, 6.45) is 1.01. The number of piperidine rings is 1. The zero-order chi connectivity index (χ0) is 20.5. The van der Waals surface area contributed by atoms with Crippen LogP contribution in [0.2, 0.25) is 5.02 Å². The van der Waals surface area contributed by atoms with Crippen molar-refractivity contribution in [3.63, 3.8) is 0 Å². The van der Waals surface area contributed by atoms with Crippen LogP contribution in [0.15, 0.2) is 29.2 Å². The minimum absolute atomic E-state index is 0.0359. The van der Waals surface area contributed by atoms with Crippen LogP contribution >= 0.6 is 11.6 Å². The van der Waals surface area contributed by atoms with E-state index < -0.39 is 10.0 Å². The highest BCUT2D eigenvalue weighted by Crippen LogP contribution is 2.25. The Balaban J connectivity index is 1.57. The van der Waals surface area contributed by atoms with Gasteiger partial charge in [0.2, 0.25) is 15.9 Å². The molecule has 0 spiro atoms. The molecule has 0 aliphatic carbocycles. The maximum atomic E-state index is 12.7. The molecule has 0 unspecified atom stereocenters. The monoisotopic (exact) mass is 424 g/mol. The minimum Gasteiger partial charge on any atom is -0.352 e. The summed E-state index contributed by atoms with van der Waals surface area (Å²) in [5.41, 5.74) is 2.96. The van der Waals surface area contributed by atoms with E-state index in [4.69, 9.17) is 11.6 Å². The van der Waals surface area contributed by atoms with Crippen LogP contribution in [-0.4, -0.2) is 41.5 Å². The number of aryl methyl sites for hydroxylation is 2. The lowest BCUT2D eigenvalue weighted by Gasteiger charge is -2.30. The van der Waals surface area contributed by atoms with Crippen molar-refractivity contribution in [3.8, 4) is 0 Å². The number of hydrogen-bond acceptors (Lipinski definition) is 4. The van der Waals surface area contributed by atoms with Crippen LogP contribution in [0, 0.1) is 19.8 Å². The molecular weight excluding hydrogens is 400 g/mol. The molecule has 1 aromatic carbocycles. The summed E-state index contributed by atoms with van der Waals surface area (Å²) >= 11 is 5.84. The van der Waals surface area contributed by atoms with E-state index in [1.807, 2.05) is 20.9 Å². The van der Waals surface area contributed by atoms with Crippen LogP contribution in [0.4, 0.5) is 0 Å². The van der Waals surface area contributed by atoms with Crippen molar-refractivity contribution in [1.82, 2.24) is 19.4 Å². The molecule has 1 aliphatic heterocycles. The van der Waals surface area contributed by atoms with Gasteiger partial charge in [-0.3, -0.25) is 9.48 Å². The van der Waals surface area contributed by atoms with E-state index in [2.05, 4.69) is 10.4 Å². The van der Waals surface area contributed by atoms with Crippen molar-refractivity contribution in [2.24, 2.45) is 13.0 Å². The quantitative estimate of drug-likeness (QED) is 0.798. The van der Waals surface area contributed by atoms with E-state index in [-0.39, 0.29) is 16.7 Å². The summed E-state index contributed by atoms with van der Waals surface area (Å²) in [6, 6.07) is 6.15. The first-order valence-electron chi connectivity index (χ1n) is 9.22. The Morgan fingerprint density at radius 3 is 2.36 bits per heavy atom. The molecule has 28 heavy (non-hydrogen) atoms. The Morgan fingerprint density at radius 1 is 1.21 bits per heavy atom. The Hall–Kier alpha value is -1.90. The van der Waals surface area contributed by atoms with Gasteiger partial charge in [0.25, 0.3) is 0 Å². The van der Waals surface area contributed by atoms with Gasteiger partial charge in [-0.05, 0) is 51.0 Å². The van der Waals surface area contributed by atoms with E-state index in [0.29, 0.717) is 37.5 Å². The van der Waals surface area contributed by atoms with E-state index >= 15 is 0 Å². The van der Waals surface area contributed by atoms with Crippen LogP contribution in [0.1, 0.15) is 29.8 Å². The second-order valence-corrected chi connectivity index (χ2v) is 9.50. The Bertz CT molecular complexity index is 962. The van der Waals surface area contributed by atoms with Crippen LogP contribution in [0.25, 0.3) is 0 Å². The highest BCUT2D eigenvalue weighted by Gasteiger charge is 2.32. The van der Waals surface area contributed by atoms with Crippen molar-refractivity contribution in [3.05, 3.63) is 46.2 Å². The normalized spacial score (nSPS) is 16.3. The van der Waals surface area contributed by atoms with Crippen molar-refractivity contribution >= 4 is 27.5 Å². The number of carbonyl (C=O) groups is 1. The molecule has 1 amide bonds. The number of aromatic nitrogens is 2. The molecule has 0 atom stereocenters. The number of carbonyl (C=O) groups excluding carboxylic acids is 1. The highest BCUT2D eigenvalue weighted by atomic mass is 35.5. The predicted molar refractivity (Wildman–Crippen MR) is 107 cm³/mol. The number of nitrogens with zero attached hydrogens (tertiary/aromatic N) is 3. The van der Waals surface area contributed by atoms with E-state index in [0.717, 1.165) is 17.0 Å². The average molecular weight is 425 g/mol. The number of hydrogen-bond donors (Lipinski definition) is 1. The summed E-state index contributed by atoms with van der Waals surface area (Å²) < 4.78 is 28.7. The summed E-state index contributed by atoms with van der Waals surface area (Å²) in [5, 5.41) is 7.83. The van der Waals surface area contributed by atoms with Crippen molar-refractivity contribution in [2.45, 2.75) is 38.1 Å². The fourth-order valence-electron chi connectivity index (χ4n) is 3.51. The van der Waals surface area contributed by atoms with Gasteiger partial charge >= 0.3 is 0 Å². The van der Waals surface area contributed by atoms with E-state index in [1.54, 1.807) is 16.8 Å². The lowest BCUT2D eigenvalue weighted by Crippen LogP contribution is -2.42. The molecule has 2 heterocycles. The predicted octanol–water partition coefficient (Wildman–Crippen LogP) is 2.41. The third-order valence-corrected chi connectivity index (χ3v) is 7.54. The van der Waals surface area contributed by atoms with Gasteiger partial charge in [0.1, 0.15) is 0 Å². The first-order chi connectivity index (χ1) is 13.2. The molecule has 0 saturated carbocycles. The molecule has 2 aromatic rings.